The number of carbonyl (C=O) groups is 1. The number of benzene rings is 1. The Bertz CT molecular complexity index is 587. The van der Waals surface area contributed by atoms with Crippen LogP contribution >= 0.6 is 11.6 Å². The molecule has 4 nitrogen and oxygen atoms in total. The average Bonchev–Trinajstić information content (AvgIpc) is 2.50. The number of halogens is 1. The highest BCUT2D eigenvalue weighted by molar-refractivity contribution is 6.30. The number of hydrogen-bond acceptors (Lipinski definition) is 3. The molecule has 21 heavy (non-hydrogen) atoms. The maximum atomic E-state index is 12.1. The van der Waals surface area contributed by atoms with Gasteiger partial charge in [0.05, 0.1) is 11.6 Å². The number of pyridine rings is 1. The standard InChI is InChI=1S/C16H17ClN2O2/c1-11(19-16(20)13-4-3-9-18-10-13)15(21-2)12-5-7-14(17)8-6-12/h3-11,15H,1-2H3,(H,19,20)/t11-,15+/m1/s1. The Kier molecular flexibility index (Phi) is 5.31. The maximum absolute atomic E-state index is 12.1. The minimum Gasteiger partial charge on any atom is -0.375 e. The van der Waals surface area contributed by atoms with Crippen molar-refractivity contribution in [3.05, 3.63) is 64.9 Å². The van der Waals surface area contributed by atoms with Crippen LogP contribution in [0, 0.1) is 0 Å². The fourth-order valence-electron chi connectivity index (χ4n) is 2.14. The van der Waals surface area contributed by atoms with Gasteiger partial charge in [-0.3, -0.25) is 9.78 Å². The van der Waals surface area contributed by atoms with Gasteiger partial charge in [-0.1, -0.05) is 23.7 Å². The van der Waals surface area contributed by atoms with E-state index in [1.807, 2.05) is 19.1 Å². The molecular formula is C16H17ClN2O2. The lowest BCUT2D eigenvalue weighted by Gasteiger charge is -2.24. The highest BCUT2D eigenvalue weighted by atomic mass is 35.5. The van der Waals surface area contributed by atoms with Gasteiger partial charge < -0.3 is 10.1 Å². The summed E-state index contributed by atoms with van der Waals surface area (Å²) >= 11 is 5.89. The summed E-state index contributed by atoms with van der Waals surface area (Å²) in [6, 6.07) is 10.7. The van der Waals surface area contributed by atoms with Gasteiger partial charge in [-0.05, 0) is 36.8 Å². The molecule has 0 bridgehead atoms. The maximum Gasteiger partial charge on any atom is 0.253 e. The van der Waals surface area contributed by atoms with E-state index in [0.717, 1.165) is 5.56 Å². The van der Waals surface area contributed by atoms with Crippen molar-refractivity contribution in [2.24, 2.45) is 0 Å². The van der Waals surface area contributed by atoms with Gasteiger partial charge in [0, 0.05) is 24.5 Å². The fourth-order valence-corrected chi connectivity index (χ4v) is 2.27. The summed E-state index contributed by atoms with van der Waals surface area (Å²) in [4.78, 5) is 16.1. The van der Waals surface area contributed by atoms with E-state index in [1.54, 1.807) is 37.6 Å². The van der Waals surface area contributed by atoms with Crippen LogP contribution in [0.3, 0.4) is 0 Å². The van der Waals surface area contributed by atoms with Crippen molar-refractivity contribution in [3.8, 4) is 0 Å². The first-order valence-electron chi connectivity index (χ1n) is 6.61. The van der Waals surface area contributed by atoms with Crippen LogP contribution in [0.4, 0.5) is 0 Å². The molecule has 2 rings (SSSR count). The summed E-state index contributed by atoms with van der Waals surface area (Å²) in [5, 5.41) is 3.59. The van der Waals surface area contributed by atoms with Crippen molar-refractivity contribution >= 4 is 17.5 Å². The lowest BCUT2D eigenvalue weighted by atomic mass is 10.0. The Morgan fingerprint density at radius 2 is 2.00 bits per heavy atom. The van der Waals surface area contributed by atoms with Gasteiger partial charge in [0.1, 0.15) is 6.10 Å². The molecular weight excluding hydrogens is 288 g/mol. The molecule has 0 unspecified atom stereocenters. The highest BCUT2D eigenvalue weighted by Crippen LogP contribution is 2.22. The molecule has 1 aromatic heterocycles. The number of nitrogens with one attached hydrogen (secondary N) is 1. The van der Waals surface area contributed by atoms with Crippen LogP contribution in [0.25, 0.3) is 0 Å². The normalized spacial score (nSPS) is 13.5. The van der Waals surface area contributed by atoms with E-state index >= 15 is 0 Å². The predicted molar refractivity (Wildman–Crippen MR) is 82.4 cm³/mol. The first-order valence-corrected chi connectivity index (χ1v) is 6.98. The summed E-state index contributed by atoms with van der Waals surface area (Å²) in [6.45, 7) is 1.90. The number of methoxy groups -OCH3 is 1. The third kappa shape index (κ3) is 4.03. The summed E-state index contributed by atoms with van der Waals surface area (Å²) < 4.78 is 5.50. The van der Waals surface area contributed by atoms with Crippen LogP contribution in [0.2, 0.25) is 5.02 Å². The van der Waals surface area contributed by atoms with Gasteiger partial charge in [-0.2, -0.15) is 0 Å². The van der Waals surface area contributed by atoms with Crippen molar-refractivity contribution in [3.63, 3.8) is 0 Å². The minimum atomic E-state index is -0.247. The van der Waals surface area contributed by atoms with E-state index in [0.29, 0.717) is 10.6 Å². The number of rotatable bonds is 5. The smallest absolute Gasteiger partial charge is 0.253 e. The summed E-state index contributed by atoms with van der Waals surface area (Å²) in [7, 11) is 1.62. The van der Waals surface area contributed by atoms with Crippen LogP contribution in [-0.4, -0.2) is 24.0 Å². The quantitative estimate of drug-likeness (QED) is 0.922. The largest absolute Gasteiger partial charge is 0.375 e. The third-order valence-electron chi connectivity index (χ3n) is 3.19. The summed E-state index contributed by atoms with van der Waals surface area (Å²) in [5.41, 5.74) is 1.48. The van der Waals surface area contributed by atoms with E-state index < -0.39 is 0 Å². The second-order valence-corrected chi connectivity index (χ2v) is 5.15. The molecule has 0 aliphatic rings. The van der Waals surface area contributed by atoms with E-state index in [-0.39, 0.29) is 18.1 Å². The van der Waals surface area contributed by atoms with E-state index in [9.17, 15) is 4.79 Å². The molecule has 0 spiro atoms. The molecule has 1 heterocycles. The number of aromatic nitrogens is 1. The summed E-state index contributed by atoms with van der Waals surface area (Å²) in [5.74, 6) is -0.174. The fraction of sp³-hybridized carbons (Fsp3) is 0.250. The molecule has 1 amide bonds. The zero-order valence-corrected chi connectivity index (χ0v) is 12.7. The molecule has 1 aromatic carbocycles. The molecule has 0 saturated heterocycles. The Morgan fingerprint density at radius 3 is 2.57 bits per heavy atom. The van der Waals surface area contributed by atoms with E-state index in [1.165, 1.54) is 6.20 Å². The van der Waals surface area contributed by atoms with Crippen LogP contribution in [0.5, 0.6) is 0 Å². The van der Waals surface area contributed by atoms with Crippen LogP contribution < -0.4 is 5.32 Å². The Morgan fingerprint density at radius 1 is 1.29 bits per heavy atom. The number of carbonyl (C=O) groups excluding carboxylic acids is 1. The summed E-state index contributed by atoms with van der Waals surface area (Å²) in [6.07, 6.45) is 2.92. The predicted octanol–water partition coefficient (Wildman–Crippen LogP) is 3.24. The molecule has 5 heteroatoms. The molecule has 2 atom stereocenters. The third-order valence-corrected chi connectivity index (χ3v) is 3.44. The molecule has 110 valence electrons. The minimum absolute atomic E-state index is 0.174. The zero-order valence-electron chi connectivity index (χ0n) is 11.9. The van der Waals surface area contributed by atoms with Crippen LogP contribution in [0.1, 0.15) is 28.9 Å². The number of ether oxygens (including phenoxy) is 1. The first kappa shape index (κ1) is 15.5. The van der Waals surface area contributed by atoms with Crippen molar-refractivity contribution in [2.75, 3.05) is 7.11 Å². The van der Waals surface area contributed by atoms with Crippen molar-refractivity contribution < 1.29 is 9.53 Å². The lowest BCUT2D eigenvalue weighted by molar-refractivity contribution is 0.0645. The van der Waals surface area contributed by atoms with Crippen molar-refractivity contribution in [1.82, 2.24) is 10.3 Å². The molecule has 0 aliphatic carbocycles. The average molecular weight is 305 g/mol. The number of amides is 1. The van der Waals surface area contributed by atoms with Crippen molar-refractivity contribution in [2.45, 2.75) is 19.1 Å². The monoisotopic (exact) mass is 304 g/mol. The highest BCUT2D eigenvalue weighted by Gasteiger charge is 2.21. The van der Waals surface area contributed by atoms with Gasteiger partial charge in [0.15, 0.2) is 0 Å². The van der Waals surface area contributed by atoms with E-state index in [2.05, 4.69) is 10.3 Å². The second-order valence-electron chi connectivity index (χ2n) is 4.71. The SMILES string of the molecule is CO[C@H](c1ccc(Cl)cc1)[C@@H](C)NC(=O)c1cccnc1. The van der Waals surface area contributed by atoms with Crippen LogP contribution in [-0.2, 0) is 4.74 Å². The zero-order chi connectivity index (χ0) is 15.2. The van der Waals surface area contributed by atoms with E-state index in [4.69, 9.17) is 16.3 Å². The van der Waals surface area contributed by atoms with Crippen molar-refractivity contribution in [1.29, 1.82) is 0 Å². The number of hydrogen-bond donors (Lipinski definition) is 1. The van der Waals surface area contributed by atoms with Gasteiger partial charge in [0.25, 0.3) is 5.91 Å². The molecule has 0 fully saturated rings. The Balaban J connectivity index is 2.08. The van der Waals surface area contributed by atoms with Gasteiger partial charge in [0.2, 0.25) is 0 Å². The molecule has 0 aliphatic heterocycles. The molecule has 1 N–H and O–H groups in total. The van der Waals surface area contributed by atoms with Gasteiger partial charge >= 0.3 is 0 Å². The van der Waals surface area contributed by atoms with Crippen LogP contribution in [0.15, 0.2) is 48.8 Å². The Labute approximate surface area is 129 Å². The molecule has 0 radical (unpaired) electrons. The van der Waals surface area contributed by atoms with Gasteiger partial charge in [-0.25, -0.2) is 0 Å². The molecule has 0 saturated carbocycles. The number of nitrogens with zero attached hydrogens (tertiary/aromatic N) is 1. The topological polar surface area (TPSA) is 51.2 Å². The Hall–Kier alpha value is -1.91. The van der Waals surface area contributed by atoms with Gasteiger partial charge in [-0.15, -0.1) is 0 Å². The lowest BCUT2D eigenvalue weighted by Crippen LogP contribution is -2.37. The first-order chi connectivity index (χ1) is 10.1. The molecule has 2 aromatic rings. The second kappa shape index (κ2) is 7.20.